The molecule has 4 rings (SSSR count). The first-order chi connectivity index (χ1) is 17.6. The molecule has 7 nitrogen and oxygen atoms in total. The first-order valence-electron chi connectivity index (χ1n) is 12.1. The highest BCUT2D eigenvalue weighted by molar-refractivity contribution is 6.51. The van der Waals surface area contributed by atoms with Crippen molar-refractivity contribution < 1.29 is 29.3 Å². The fourth-order valence-electron chi connectivity index (χ4n) is 4.51. The molecule has 0 saturated carbocycles. The number of aliphatic hydroxyl groups is 1. The lowest BCUT2D eigenvalue weighted by molar-refractivity contribution is -0.132. The molecule has 37 heavy (non-hydrogen) atoms. The van der Waals surface area contributed by atoms with Gasteiger partial charge in [0.1, 0.15) is 23.0 Å². The zero-order valence-corrected chi connectivity index (χ0v) is 21.6. The normalized spacial score (nSPS) is 17.2. The average Bonchev–Trinajstić information content (AvgIpc) is 3.14. The molecular formula is C30H31NO6. The van der Waals surface area contributed by atoms with E-state index in [2.05, 4.69) is 0 Å². The number of aliphatic hydroxyl groups excluding tert-OH is 1. The maximum atomic E-state index is 13.4. The summed E-state index contributed by atoms with van der Waals surface area (Å²) in [6.07, 6.45) is 0. The molecule has 1 heterocycles. The van der Waals surface area contributed by atoms with Crippen LogP contribution in [0, 0.1) is 0 Å². The minimum Gasteiger partial charge on any atom is -0.508 e. The van der Waals surface area contributed by atoms with Gasteiger partial charge in [0.2, 0.25) is 0 Å². The molecule has 0 aliphatic carbocycles. The van der Waals surface area contributed by atoms with Gasteiger partial charge in [-0.15, -0.1) is 0 Å². The first kappa shape index (κ1) is 25.8. The molecule has 2 N–H and O–H groups in total. The summed E-state index contributed by atoms with van der Waals surface area (Å²) in [7, 11) is 1.54. The third-order valence-corrected chi connectivity index (χ3v) is 6.36. The number of hydrogen-bond acceptors (Lipinski definition) is 6. The molecule has 3 aromatic carbocycles. The Morgan fingerprint density at radius 1 is 0.973 bits per heavy atom. The van der Waals surface area contributed by atoms with Gasteiger partial charge < -0.3 is 19.7 Å². The smallest absolute Gasteiger partial charge is 0.300 e. The van der Waals surface area contributed by atoms with E-state index in [1.54, 1.807) is 61.7 Å². The van der Waals surface area contributed by atoms with Gasteiger partial charge in [-0.2, -0.15) is 0 Å². The molecule has 1 amide bonds. The topological polar surface area (TPSA) is 96.3 Å². The standard InChI is InChI=1S/C30H31NO6/c1-6-37-24-16-9-19(17-23(24)30(2,3)4)27(33)25-26(18-7-12-21(32)13-8-18)31(29(35)28(25)34)20-10-14-22(36-5)15-11-20/h7-17,26,32-33H,6H2,1-5H3/b27-25-. The Morgan fingerprint density at radius 2 is 1.62 bits per heavy atom. The Balaban J connectivity index is 1.93. The van der Waals surface area contributed by atoms with Crippen LogP contribution < -0.4 is 14.4 Å². The Morgan fingerprint density at radius 3 is 2.19 bits per heavy atom. The summed E-state index contributed by atoms with van der Waals surface area (Å²) in [5.41, 5.74) is 1.98. The summed E-state index contributed by atoms with van der Waals surface area (Å²) >= 11 is 0. The van der Waals surface area contributed by atoms with Gasteiger partial charge in [-0.05, 0) is 72.5 Å². The highest BCUT2D eigenvalue weighted by atomic mass is 16.5. The number of amides is 1. The van der Waals surface area contributed by atoms with Crippen LogP contribution in [0.1, 0.15) is 50.4 Å². The minimum absolute atomic E-state index is 0.0319. The maximum Gasteiger partial charge on any atom is 0.300 e. The molecule has 1 aliphatic heterocycles. The number of anilines is 1. The van der Waals surface area contributed by atoms with Crippen LogP contribution in [0.2, 0.25) is 0 Å². The Hall–Kier alpha value is -4.26. The Kier molecular flexibility index (Phi) is 6.99. The predicted octanol–water partition coefficient (Wildman–Crippen LogP) is 5.72. The number of Topliss-reactive ketones (excluding diaryl/α,β-unsaturated/α-hetero) is 1. The highest BCUT2D eigenvalue weighted by Gasteiger charge is 2.47. The van der Waals surface area contributed by atoms with Crippen LogP contribution >= 0.6 is 0 Å². The van der Waals surface area contributed by atoms with Crippen molar-refractivity contribution in [3.05, 3.63) is 89.0 Å². The van der Waals surface area contributed by atoms with E-state index in [1.165, 1.54) is 17.0 Å². The third-order valence-electron chi connectivity index (χ3n) is 6.36. The number of ether oxygens (including phenoxy) is 2. The van der Waals surface area contributed by atoms with Gasteiger partial charge in [0.15, 0.2) is 0 Å². The fourth-order valence-corrected chi connectivity index (χ4v) is 4.51. The van der Waals surface area contributed by atoms with Crippen molar-refractivity contribution in [2.45, 2.75) is 39.2 Å². The van der Waals surface area contributed by atoms with E-state index in [1.807, 2.05) is 27.7 Å². The number of nitrogens with zero attached hydrogens (tertiary/aromatic N) is 1. The van der Waals surface area contributed by atoms with Crippen LogP contribution in [0.3, 0.4) is 0 Å². The van der Waals surface area contributed by atoms with Crippen LogP contribution in [0.5, 0.6) is 17.2 Å². The zero-order chi connectivity index (χ0) is 26.9. The number of benzene rings is 3. The average molecular weight is 502 g/mol. The summed E-state index contributed by atoms with van der Waals surface area (Å²) < 4.78 is 11.0. The number of carbonyl (C=O) groups is 2. The maximum absolute atomic E-state index is 13.4. The quantitative estimate of drug-likeness (QED) is 0.255. The largest absolute Gasteiger partial charge is 0.508 e. The van der Waals surface area contributed by atoms with Crippen molar-refractivity contribution in [3.63, 3.8) is 0 Å². The molecule has 0 spiro atoms. The third kappa shape index (κ3) is 4.89. The van der Waals surface area contributed by atoms with Crippen molar-refractivity contribution in [2.24, 2.45) is 0 Å². The van der Waals surface area contributed by atoms with Crippen molar-refractivity contribution in [1.82, 2.24) is 0 Å². The lowest BCUT2D eigenvalue weighted by atomic mass is 9.84. The molecule has 1 unspecified atom stereocenters. The lowest BCUT2D eigenvalue weighted by Gasteiger charge is -2.26. The number of ketones is 1. The van der Waals surface area contributed by atoms with Gasteiger partial charge in [-0.3, -0.25) is 14.5 Å². The summed E-state index contributed by atoms with van der Waals surface area (Å²) in [4.78, 5) is 28.1. The molecule has 192 valence electrons. The van der Waals surface area contributed by atoms with E-state index in [4.69, 9.17) is 9.47 Å². The zero-order valence-electron chi connectivity index (χ0n) is 21.6. The van der Waals surface area contributed by atoms with Crippen molar-refractivity contribution in [1.29, 1.82) is 0 Å². The number of phenolic OH excluding ortho intramolecular Hbond substituents is 1. The van der Waals surface area contributed by atoms with E-state index in [-0.39, 0.29) is 22.5 Å². The van der Waals surface area contributed by atoms with Crippen LogP contribution in [0.15, 0.2) is 72.3 Å². The number of phenols is 1. The molecule has 1 aliphatic rings. The summed E-state index contributed by atoms with van der Waals surface area (Å²) in [6, 6.07) is 17.4. The van der Waals surface area contributed by atoms with Gasteiger partial charge in [-0.1, -0.05) is 32.9 Å². The second-order valence-corrected chi connectivity index (χ2v) is 9.85. The van der Waals surface area contributed by atoms with E-state index in [0.29, 0.717) is 34.9 Å². The summed E-state index contributed by atoms with van der Waals surface area (Å²) in [5, 5.41) is 21.4. The molecule has 1 saturated heterocycles. The molecule has 3 aromatic rings. The molecule has 7 heteroatoms. The molecule has 0 bridgehead atoms. The van der Waals surface area contributed by atoms with Crippen LogP contribution in [-0.2, 0) is 15.0 Å². The minimum atomic E-state index is -0.904. The molecule has 0 radical (unpaired) electrons. The number of methoxy groups -OCH3 is 1. The van der Waals surface area contributed by atoms with Crippen LogP contribution in [0.4, 0.5) is 5.69 Å². The number of hydrogen-bond donors (Lipinski definition) is 2. The van der Waals surface area contributed by atoms with Crippen molar-refractivity contribution in [2.75, 3.05) is 18.6 Å². The van der Waals surface area contributed by atoms with Gasteiger partial charge in [0, 0.05) is 16.8 Å². The molecular weight excluding hydrogens is 470 g/mol. The Labute approximate surface area is 216 Å². The fraction of sp³-hybridized carbons (Fsp3) is 0.267. The number of carbonyl (C=O) groups excluding carboxylic acids is 2. The molecule has 1 fully saturated rings. The second kappa shape index (κ2) is 10.0. The van der Waals surface area contributed by atoms with Crippen molar-refractivity contribution in [3.8, 4) is 17.2 Å². The van der Waals surface area contributed by atoms with E-state index in [0.717, 1.165) is 5.56 Å². The van der Waals surface area contributed by atoms with E-state index < -0.39 is 17.7 Å². The van der Waals surface area contributed by atoms with Gasteiger partial charge in [0.05, 0.1) is 25.3 Å². The van der Waals surface area contributed by atoms with E-state index in [9.17, 15) is 19.8 Å². The molecule has 0 aromatic heterocycles. The van der Waals surface area contributed by atoms with Crippen LogP contribution in [0.25, 0.3) is 5.76 Å². The second-order valence-electron chi connectivity index (χ2n) is 9.85. The number of aromatic hydroxyl groups is 1. The summed E-state index contributed by atoms with van der Waals surface area (Å²) in [6.45, 7) is 8.50. The van der Waals surface area contributed by atoms with Gasteiger partial charge in [-0.25, -0.2) is 0 Å². The Bertz CT molecular complexity index is 1350. The predicted molar refractivity (Wildman–Crippen MR) is 142 cm³/mol. The first-order valence-corrected chi connectivity index (χ1v) is 12.1. The lowest BCUT2D eigenvalue weighted by Crippen LogP contribution is -2.29. The summed E-state index contributed by atoms with van der Waals surface area (Å²) in [5.74, 6) is -0.484. The molecule has 1 atom stereocenters. The number of rotatable bonds is 6. The monoisotopic (exact) mass is 501 g/mol. The van der Waals surface area contributed by atoms with Gasteiger partial charge >= 0.3 is 0 Å². The van der Waals surface area contributed by atoms with Gasteiger partial charge in [0.25, 0.3) is 11.7 Å². The SMILES string of the molecule is CCOc1ccc(/C(O)=C2/C(=O)C(=O)N(c3ccc(OC)cc3)C2c2ccc(O)cc2)cc1C(C)(C)C. The van der Waals surface area contributed by atoms with Crippen LogP contribution in [-0.4, -0.2) is 35.6 Å². The van der Waals surface area contributed by atoms with E-state index >= 15 is 0 Å². The van der Waals surface area contributed by atoms with Crippen molar-refractivity contribution >= 4 is 23.1 Å². The highest BCUT2D eigenvalue weighted by Crippen LogP contribution is 2.43.